The summed E-state index contributed by atoms with van der Waals surface area (Å²) < 4.78 is 5.77. The molecule has 1 unspecified atom stereocenters. The number of halogens is 1. The molecule has 4 rings (SSSR count). The first kappa shape index (κ1) is 22.4. The minimum absolute atomic E-state index is 0.158. The zero-order valence-corrected chi connectivity index (χ0v) is 19.0. The van der Waals surface area contributed by atoms with Crippen molar-refractivity contribution >= 4 is 35.2 Å². The maximum atomic E-state index is 12.6. The topological polar surface area (TPSA) is 70.7 Å². The Morgan fingerprint density at radius 3 is 3.00 bits per heavy atom. The van der Waals surface area contributed by atoms with Crippen LogP contribution in [0.4, 0.5) is 5.69 Å². The van der Waals surface area contributed by atoms with Crippen LogP contribution in [0.25, 0.3) is 6.08 Å². The summed E-state index contributed by atoms with van der Waals surface area (Å²) in [7, 11) is 0. The molecule has 1 fully saturated rings. The van der Waals surface area contributed by atoms with E-state index >= 15 is 0 Å². The van der Waals surface area contributed by atoms with E-state index in [2.05, 4.69) is 22.5 Å². The molecule has 32 heavy (non-hydrogen) atoms. The molecule has 2 aliphatic rings. The average molecular weight is 454 g/mol. The molecule has 0 saturated carbocycles. The zero-order valence-electron chi connectivity index (χ0n) is 18.2. The smallest absolute Gasteiger partial charge is 0.291 e. The Morgan fingerprint density at radius 1 is 1.31 bits per heavy atom. The molecule has 0 aromatic heterocycles. The van der Waals surface area contributed by atoms with Crippen LogP contribution in [0.5, 0.6) is 5.75 Å². The molecule has 168 valence electrons. The number of amides is 2. The van der Waals surface area contributed by atoms with Gasteiger partial charge in [-0.05, 0) is 80.2 Å². The van der Waals surface area contributed by atoms with Gasteiger partial charge in [0.05, 0.1) is 5.69 Å². The molecule has 7 heteroatoms. The van der Waals surface area contributed by atoms with Crippen molar-refractivity contribution in [3.8, 4) is 5.75 Å². The highest BCUT2D eigenvalue weighted by molar-refractivity contribution is 6.30. The van der Waals surface area contributed by atoms with Crippen LogP contribution in [0, 0.1) is 5.92 Å². The van der Waals surface area contributed by atoms with E-state index in [1.165, 1.54) is 12.8 Å². The monoisotopic (exact) mass is 453 g/mol. The highest BCUT2D eigenvalue weighted by Gasteiger charge is 2.23. The van der Waals surface area contributed by atoms with E-state index < -0.39 is 0 Å². The Kier molecular flexibility index (Phi) is 7.12. The highest BCUT2D eigenvalue weighted by atomic mass is 35.5. The lowest BCUT2D eigenvalue weighted by molar-refractivity contribution is -0.115. The van der Waals surface area contributed by atoms with E-state index in [-0.39, 0.29) is 17.6 Å². The lowest BCUT2D eigenvalue weighted by atomic mass is 10.0. The van der Waals surface area contributed by atoms with Gasteiger partial charge in [0.1, 0.15) is 0 Å². The predicted molar refractivity (Wildman–Crippen MR) is 127 cm³/mol. The van der Waals surface area contributed by atoms with Crippen LogP contribution in [0.1, 0.15) is 42.1 Å². The number of carbonyl (C=O) groups is 2. The molecule has 2 aliphatic heterocycles. The Labute approximate surface area is 193 Å². The van der Waals surface area contributed by atoms with Gasteiger partial charge in [0.2, 0.25) is 0 Å². The number of hydrogen-bond donors (Lipinski definition) is 2. The molecule has 6 nitrogen and oxygen atoms in total. The van der Waals surface area contributed by atoms with E-state index in [0.717, 1.165) is 37.5 Å². The van der Waals surface area contributed by atoms with E-state index in [1.54, 1.807) is 42.5 Å². The Hall–Kier alpha value is -2.83. The van der Waals surface area contributed by atoms with Gasteiger partial charge in [0.25, 0.3) is 11.8 Å². The van der Waals surface area contributed by atoms with Gasteiger partial charge >= 0.3 is 0 Å². The van der Waals surface area contributed by atoms with Gasteiger partial charge in [-0.15, -0.1) is 0 Å². The molecular formula is C25H28ClN3O3. The third kappa shape index (κ3) is 5.69. The molecule has 2 heterocycles. The molecule has 0 bridgehead atoms. The summed E-state index contributed by atoms with van der Waals surface area (Å²) >= 11 is 6.01. The van der Waals surface area contributed by atoms with Crippen LogP contribution in [0.3, 0.4) is 0 Å². The molecule has 2 aromatic carbocycles. The summed E-state index contributed by atoms with van der Waals surface area (Å²) in [4.78, 5) is 27.5. The number of rotatable bonds is 6. The summed E-state index contributed by atoms with van der Waals surface area (Å²) in [5, 5.41) is 6.35. The third-order valence-electron chi connectivity index (χ3n) is 5.76. The van der Waals surface area contributed by atoms with Gasteiger partial charge in [0.15, 0.2) is 11.5 Å². The van der Waals surface area contributed by atoms with E-state index in [9.17, 15) is 9.59 Å². The van der Waals surface area contributed by atoms with Crippen molar-refractivity contribution < 1.29 is 14.3 Å². The van der Waals surface area contributed by atoms with Gasteiger partial charge < -0.3 is 20.3 Å². The van der Waals surface area contributed by atoms with E-state index in [1.807, 2.05) is 6.07 Å². The molecular weight excluding hydrogens is 426 g/mol. The molecule has 1 atom stereocenters. The van der Waals surface area contributed by atoms with Crippen LogP contribution < -0.4 is 15.4 Å². The van der Waals surface area contributed by atoms with Crippen molar-refractivity contribution in [2.45, 2.75) is 26.2 Å². The largest absolute Gasteiger partial charge is 0.449 e. The number of anilines is 1. The van der Waals surface area contributed by atoms with Gasteiger partial charge in [-0.1, -0.05) is 30.7 Å². The first-order valence-electron chi connectivity index (χ1n) is 11.1. The number of nitrogens with one attached hydrogen (secondary N) is 2. The summed E-state index contributed by atoms with van der Waals surface area (Å²) in [5.41, 5.74) is 1.73. The number of carbonyl (C=O) groups excluding carboxylic acids is 2. The fourth-order valence-corrected chi connectivity index (χ4v) is 4.34. The molecule has 2 aromatic rings. The second-order valence-corrected chi connectivity index (χ2v) is 8.92. The number of ether oxygens (including phenoxy) is 1. The number of nitrogens with zero attached hydrogens (tertiary/aromatic N) is 1. The normalized spacial score (nSPS) is 19.8. The molecule has 1 saturated heterocycles. The average Bonchev–Trinajstić information content (AvgIpc) is 2.77. The SMILES string of the molecule is CC1CCCN(CCCNC(=O)c2ccc3c(c2)NC(=O)/C(=C/c2cccc(Cl)c2)O3)C1. The van der Waals surface area contributed by atoms with Crippen LogP contribution in [0.2, 0.25) is 5.02 Å². The van der Waals surface area contributed by atoms with Crippen LogP contribution in [0.15, 0.2) is 48.2 Å². The number of benzene rings is 2. The van der Waals surface area contributed by atoms with Gasteiger partial charge in [0, 0.05) is 23.7 Å². The van der Waals surface area contributed by atoms with Gasteiger partial charge in [-0.2, -0.15) is 0 Å². The Morgan fingerprint density at radius 2 is 2.19 bits per heavy atom. The number of hydrogen-bond acceptors (Lipinski definition) is 4. The van der Waals surface area contributed by atoms with Crippen molar-refractivity contribution in [1.29, 1.82) is 0 Å². The van der Waals surface area contributed by atoms with Gasteiger partial charge in [-0.3, -0.25) is 9.59 Å². The minimum atomic E-state index is -0.370. The number of piperidine rings is 1. The van der Waals surface area contributed by atoms with Crippen molar-refractivity contribution in [2.24, 2.45) is 5.92 Å². The van der Waals surface area contributed by atoms with E-state index in [4.69, 9.17) is 16.3 Å². The maximum Gasteiger partial charge on any atom is 0.291 e. The van der Waals surface area contributed by atoms with Crippen molar-refractivity contribution in [2.75, 3.05) is 31.5 Å². The minimum Gasteiger partial charge on any atom is -0.449 e. The molecule has 2 amide bonds. The van der Waals surface area contributed by atoms with Gasteiger partial charge in [-0.25, -0.2) is 0 Å². The fourth-order valence-electron chi connectivity index (χ4n) is 4.15. The van der Waals surface area contributed by atoms with Crippen LogP contribution in [-0.4, -0.2) is 42.9 Å². The standard InChI is InChI=1S/C25H28ClN3O3/c1-17-5-3-11-29(16-17)12-4-10-27-24(30)19-8-9-22-21(15-19)28-25(31)23(32-22)14-18-6-2-7-20(26)13-18/h2,6-9,13-15,17H,3-5,10-12,16H2,1H3,(H,27,30)(H,28,31)/b23-14-. The van der Waals surface area contributed by atoms with Crippen molar-refractivity contribution in [3.05, 3.63) is 64.4 Å². The summed E-state index contributed by atoms with van der Waals surface area (Å²) in [6, 6.07) is 12.2. The molecule has 0 spiro atoms. The van der Waals surface area contributed by atoms with Crippen LogP contribution in [-0.2, 0) is 4.79 Å². The van der Waals surface area contributed by atoms with Crippen LogP contribution >= 0.6 is 11.6 Å². The fraction of sp³-hybridized carbons (Fsp3) is 0.360. The maximum absolute atomic E-state index is 12.6. The van der Waals surface area contributed by atoms with Crippen molar-refractivity contribution in [3.63, 3.8) is 0 Å². The first-order valence-corrected chi connectivity index (χ1v) is 11.5. The number of fused-ring (bicyclic) bond motifs is 1. The highest BCUT2D eigenvalue weighted by Crippen LogP contribution is 2.32. The second kappa shape index (κ2) is 10.2. The molecule has 2 N–H and O–H groups in total. The molecule has 0 radical (unpaired) electrons. The second-order valence-electron chi connectivity index (χ2n) is 8.49. The number of likely N-dealkylation sites (tertiary alicyclic amines) is 1. The van der Waals surface area contributed by atoms with Crippen molar-refractivity contribution in [1.82, 2.24) is 10.2 Å². The predicted octanol–water partition coefficient (Wildman–Crippen LogP) is 4.56. The first-order chi connectivity index (χ1) is 15.5. The summed E-state index contributed by atoms with van der Waals surface area (Å²) in [6.45, 7) is 6.21. The third-order valence-corrected chi connectivity index (χ3v) is 5.99. The quantitative estimate of drug-likeness (QED) is 0.496. The lowest BCUT2D eigenvalue weighted by Crippen LogP contribution is -2.36. The zero-order chi connectivity index (χ0) is 22.5. The Balaban J connectivity index is 1.33. The summed E-state index contributed by atoms with van der Waals surface area (Å²) in [6.07, 6.45) is 5.12. The van der Waals surface area contributed by atoms with E-state index in [0.29, 0.717) is 28.6 Å². The Bertz CT molecular complexity index is 1040. The lowest BCUT2D eigenvalue weighted by Gasteiger charge is -2.30. The molecule has 0 aliphatic carbocycles. The summed E-state index contributed by atoms with van der Waals surface area (Å²) in [5.74, 6) is 0.893.